The summed E-state index contributed by atoms with van der Waals surface area (Å²) < 4.78 is 37.1. The number of rotatable bonds is 4. The molecule has 1 amide bonds. The second kappa shape index (κ2) is 6.40. The largest absolute Gasteiger partial charge is 0.376 e. The molecule has 1 fully saturated rings. The summed E-state index contributed by atoms with van der Waals surface area (Å²) in [7, 11) is -3.20. The van der Waals surface area contributed by atoms with Gasteiger partial charge in [0.2, 0.25) is 15.9 Å². The SMILES string of the molecule is CS(=O)(=O)N1CCN(C(=O)CNc2cccc(F)c2)CC1. The maximum absolute atomic E-state index is 13.0. The molecule has 1 aliphatic heterocycles. The van der Waals surface area contributed by atoms with E-state index in [1.807, 2.05) is 0 Å². The van der Waals surface area contributed by atoms with Crippen molar-refractivity contribution < 1.29 is 17.6 Å². The second-order valence-corrected chi connectivity index (χ2v) is 6.89. The van der Waals surface area contributed by atoms with Crippen molar-refractivity contribution in [1.29, 1.82) is 0 Å². The summed E-state index contributed by atoms with van der Waals surface area (Å²) in [5.74, 6) is -0.498. The van der Waals surface area contributed by atoms with E-state index in [4.69, 9.17) is 0 Å². The summed E-state index contributed by atoms with van der Waals surface area (Å²) in [6.07, 6.45) is 1.16. The third-order valence-corrected chi connectivity index (χ3v) is 4.63. The lowest BCUT2D eigenvalue weighted by atomic mass is 10.3. The molecule has 1 heterocycles. The van der Waals surface area contributed by atoms with Gasteiger partial charge >= 0.3 is 0 Å². The zero-order valence-corrected chi connectivity index (χ0v) is 12.6. The van der Waals surface area contributed by atoms with Gasteiger partial charge in [0.1, 0.15) is 5.82 Å². The van der Waals surface area contributed by atoms with Crippen LogP contribution in [0.4, 0.5) is 10.1 Å². The van der Waals surface area contributed by atoms with Crippen molar-refractivity contribution in [3.05, 3.63) is 30.1 Å². The van der Waals surface area contributed by atoms with Gasteiger partial charge in [-0.3, -0.25) is 4.79 Å². The van der Waals surface area contributed by atoms with Crippen LogP contribution in [0.1, 0.15) is 0 Å². The number of anilines is 1. The number of hydrogen-bond donors (Lipinski definition) is 1. The highest BCUT2D eigenvalue weighted by atomic mass is 32.2. The van der Waals surface area contributed by atoms with E-state index >= 15 is 0 Å². The van der Waals surface area contributed by atoms with Gasteiger partial charge in [-0.15, -0.1) is 0 Å². The number of hydrogen-bond acceptors (Lipinski definition) is 4. The normalized spacial score (nSPS) is 16.8. The van der Waals surface area contributed by atoms with Crippen molar-refractivity contribution in [2.75, 3.05) is 44.3 Å². The van der Waals surface area contributed by atoms with Crippen LogP contribution in [0, 0.1) is 5.82 Å². The number of benzene rings is 1. The van der Waals surface area contributed by atoms with E-state index in [0.29, 0.717) is 31.9 Å². The first-order valence-electron chi connectivity index (χ1n) is 6.58. The minimum absolute atomic E-state index is 0.0579. The third kappa shape index (κ3) is 4.40. The summed E-state index contributed by atoms with van der Waals surface area (Å²) in [6, 6.07) is 5.89. The molecule has 6 nitrogen and oxygen atoms in total. The predicted octanol–water partition coefficient (Wildman–Crippen LogP) is 0.341. The first-order chi connectivity index (χ1) is 9.86. The van der Waals surface area contributed by atoms with Gasteiger partial charge in [-0.2, -0.15) is 4.31 Å². The Hall–Kier alpha value is -1.67. The van der Waals surface area contributed by atoms with Crippen LogP contribution < -0.4 is 5.32 Å². The van der Waals surface area contributed by atoms with Crippen molar-refractivity contribution in [2.45, 2.75) is 0 Å². The van der Waals surface area contributed by atoms with Crippen LogP contribution in [0.15, 0.2) is 24.3 Å². The molecule has 0 aromatic heterocycles. The third-order valence-electron chi connectivity index (χ3n) is 3.33. The fourth-order valence-corrected chi connectivity index (χ4v) is 2.98. The fourth-order valence-electron chi connectivity index (χ4n) is 2.16. The summed E-state index contributed by atoms with van der Waals surface area (Å²) in [5.41, 5.74) is 0.540. The first-order valence-corrected chi connectivity index (χ1v) is 8.43. The molecular formula is C13H18FN3O3S. The molecule has 21 heavy (non-hydrogen) atoms. The maximum atomic E-state index is 13.0. The van der Waals surface area contributed by atoms with Crippen LogP contribution in [-0.2, 0) is 14.8 Å². The Balaban J connectivity index is 1.83. The van der Waals surface area contributed by atoms with Gasteiger partial charge in [-0.1, -0.05) is 6.07 Å². The van der Waals surface area contributed by atoms with Crippen LogP contribution in [0.2, 0.25) is 0 Å². The molecule has 1 aromatic rings. The van der Waals surface area contributed by atoms with Crippen molar-refractivity contribution in [3.8, 4) is 0 Å². The lowest BCUT2D eigenvalue weighted by molar-refractivity contribution is -0.130. The highest BCUT2D eigenvalue weighted by Crippen LogP contribution is 2.10. The van der Waals surface area contributed by atoms with Crippen molar-refractivity contribution in [1.82, 2.24) is 9.21 Å². The molecule has 1 aromatic carbocycles. The zero-order valence-electron chi connectivity index (χ0n) is 11.8. The Morgan fingerprint density at radius 3 is 2.52 bits per heavy atom. The highest BCUT2D eigenvalue weighted by molar-refractivity contribution is 7.88. The molecule has 0 aliphatic carbocycles. The number of halogens is 1. The molecule has 2 rings (SSSR count). The van der Waals surface area contributed by atoms with Gasteiger partial charge in [0.15, 0.2) is 0 Å². The van der Waals surface area contributed by atoms with E-state index < -0.39 is 10.0 Å². The standard InChI is InChI=1S/C13H18FN3O3S/c1-21(19,20)17-7-5-16(6-8-17)13(18)10-15-12-4-2-3-11(14)9-12/h2-4,9,15H,5-8,10H2,1H3. The van der Waals surface area contributed by atoms with E-state index in [1.54, 1.807) is 17.0 Å². The lowest BCUT2D eigenvalue weighted by Gasteiger charge is -2.33. The molecule has 1 aliphatic rings. The van der Waals surface area contributed by atoms with Gasteiger partial charge in [0.05, 0.1) is 12.8 Å². The topological polar surface area (TPSA) is 69.7 Å². The molecule has 0 saturated carbocycles. The van der Waals surface area contributed by atoms with Gasteiger partial charge in [0, 0.05) is 31.9 Å². The highest BCUT2D eigenvalue weighted by Gasteiger charge is 2.25. The molecule has 1 N–H and O–H groups in total. The Morgan fingerprint density at radius 2 is 1.95 bits per heavy atom. The minimum Gasteiger partial charge on any atom is -0.376 e. The number of nitrogens with zero attached hydrogens (tertiary/aromatic N) is 2. The monoisotopic (exact) mass is 315 g/mol. The van der Waals surface area contributed by atoms with Crippen LogP contribution >= 0.6 is 0 Å². The van der Waals surface area contributed by atoms with E-state index in [-0.39, 0.29) is 18.3 Å². The summed E-state index contributed by atoms with van der Waals surface area (Å²) in [4.78, 5) is 13.6. The molecule has 0 unspecified atom stereocenters. The summed E-state index contributed by atoms with van der Waals surface area (Å²) in [5, 5.41) is 2.86. The molecule has 0 spiro atoms. The van der Waals surface area contributed by atoms with E-state index in [0.717, 1.165) is 6.26 Å². The van der Waals surface area contributed by atoms with Crippen LogP contribution in [-0.4, -0.2) is 62.5 Å². The fraction of sp³-hybridized carbons (Fsp3) is 0.462. The number of nitrogens with one attached hydrogen (secondary N) is 1. The van der Waals surface area contributed by atoms with E-state index in [1.165, 1.54) is 16.4 Å². The molecular weight excluding hydrogens is 297 g/mol. The summed E-state index contributed by atoms with van der Waals surface area (Å²) in [6.45, 7) is 1.42. The molecule has 8 heteroatoms. The van der Waals surface area contributed by atoms with Gasteiger partial charge in [-0.25, -0.2) is 12.8 Å². The molecule has 0 atom stereocenters. The molecule has 1 saturated heterocycles. The molecule has 0 bridgehead atoms. The van der Waals surface area contributed by atoms with Crippen LogP contribution in [0.25, 0.3) is 0 Å². The van der Waals surface area contributed by atoms with Gasteiger partial charge < -0.3 is 10.2 Å². The van der Waals surface area contributed by atoms with Crippen molar-refractivity contribution in [2.24, 2.45) is 0 Å². The van der Waals surface area contributed by atoms with E-state index in [9.17, 15) is 17.6 Å². The minimum atomic E-state index is -3.20. The number of amides is 1. The van der Waals surface area contributed by atoms with Crippen molar-refractivity contribution in [3.63, 3.8) is 0 Å². The Kier molecular flexibility index (Phi) is 4.79. The number of carbonyl (C=O) groups excluding carboxylic acids is 1. The average molecular weight is 315 g/mol. The quantitative estimate of drug-likeness (QED) is 0.870. The Labute approximate surface area is 123 Å². The second-order valence-electron chi connectivity index (χ2n) is 4.91. The Morgan fingerprint density at radius 1 is 1.29 bits per heavy atom. The van der Waals surface area contributed by atoms with Gasteiger partial charge in [-0.05, 0) is 18.2 Å². The number of sulfonamides is 1. The van der Waals surface area contributed by atoms with Crippen LogP contribution in [0.5, 0.6) is 0 Å². The van der Waals surface area contributed by atoms with Crippen LogP contribution in [0.3, 0.4) is 0 Å². The maximum Gasteiger partial charge on any atom is 0.241 e. The van der Waals surface area contributed by atoms with Crippen molar-refractivity contribution >= 4 is 21.6 Å². The first kappa shape index (κ1) is 15.7. The Bertz CT molecular complexity index is 613. The number of piperazine rings is 1. The number of carbonyl (C=O) groups is 1. The molecule has 116 valence electrons. The molecule has 0 radical (unpaired) electrons. The van der Waals surface area contributed by atoms with E-state index in [2.05, 4.69) is 5.32 Å². The lowest BCUT2D eigenvalue weighted by Crippen LogP contribution is -2.51. The van der Waals surface area contributed by atoms with Gasteiger partial charge in [0.25, 0.3) is 0 Å². The summed E-state index contributed by atoms with van der Waals surface area (Å²) >= 11 is 0. The predicted molar refractivity (Wildman–Crippen MR) is 77.9 cm³/mol. The zero-order chi connectivity index (χ0) is 15.5. The smallest absolute Gasteiger partial charge is 0.241 e. The average Bonchev–Trinajstić information content (AvgIpc) is 2.44.